The summed E-state index contributed by atoms with van der Waals surface area (Å²) in [5.41, 5.74) is 1.76. The van der Waals surface area contributed by atoms with Gasteiger partial charge in [0.1, 0.15) is 11.6 Å². The first kappa shape index (κ1) is 24.8. The minimum atomic E-state index is -0.569. The molecular weight excluding hydrogens is 443 g/mol. The lowest BCUT2D eigenvalue weighted by atomic mass is 9.94. The molecule has 0 aliphatic carbocycles. The third kappa shape index (κ3) is 6.34. The molecule has 2 unspecified atom stereocenters. The number of hydrogen-bond donors (Lipinski definition) is 2. The largest absolute Gasteiger partial charge is 0.496 e. The Bertz CT molecular complexity index is 1180. The molecule has 34 heavy (non-hydrogen) atoms. The van der Waals surface area contributed by atoms with Crippen molar-refractivity contribution in [2.75, 3.05) is 13.7 Å². The van der Waals surface area contributed by atoms with Gasteiger partial charge in [0.05, 0.1) is 25.7 Å². The van der Waals surface area contributed by atoms with Crippen molar-refractivity contribution in [1.29, 1.82) is 0 Å². The Balaban J connectivity index is 1.79. The van der Waals surface area contributed by atoms with Gasteiger partial charge >= 0.3 is 5.97 Å². The van der Waals surface area contributed by atoms with Crippen molar-refractivity contribution in [1.82, 2.24) is 10.5 Å². The van der Waals surface area contributed by atoms with Crippen molar-refractivity contribution in [3.05, 3.63) is 76.0 Å². The van der Waals surface area contributed by atoms with Crippen LogP contribution in [0.25, 0.3) is 11.1 Å². The summed E-state index contributed by atoms with van der Waals surface area (Å²) in [6.07, 6.45) is 0.726. The predicted octanol–water partition coefficient (Wildman–Crippen LogP) is 3.71. The van der Waals surface area contributed by atoms with Crippen LogP contribution in [0.3, 0.4) is 0 Å². The Kier molecular flexibility index (Phi) is 8.24. The van der Waals surface area contributed by atoms with E-state index in [-0.39, 0.29) is 24.2 Å². The van der Waals surface area contributed by atoms with Gasteiger partial charge in [-0.2, -0.15) is 5.16 Å². The molecule has 1 amide bonds. The maximum atomic E-state index is 13.8. The van der Waals surface area contributed by atoms with Crippen LogP contribution in [0.15, 0.2) is 57.8 Å². The molecule has 0 spiro atoms. The molecule has 3 aromatic rings. The molecular formula is C25H27FN2O6. The van der Waals surface area contributed by atoms with E-state index < -0.39 is 23.4 Å². The minimum absolute atomic E-state index is 0.146. The van der Waals surface area contributed by atoms with Crippen molar-refractivity contribution in [3.8, 4) is 16.9 Å². The van der Waals surface area contributed by atoms with Gasteiger partial charge < -0.3 is 19.3 Å². The molecule has 9 heteroatoms. The molecule has 0 saturated heterocycles. The quantitative estimate of drug-likeness (QED) is 0.437. The lowest BCUT2D eigenvalue weighted by Crippen LogP contribution is -2.38. The standard InChI is InChI=1S/C25H27FN2O6/c1-4-33-25(31)15(2)11-19(27-24(30)22-14-23(29)28-34-22)12-16-5-7-17(8-6-16)20-13-18(26)9-10-21(20)32-3/h5-10,13-15,19H,4,11-12H2,1-3H3,(H,27,30)(H,28,29). The van der Waals surface area contributed by atoms with Gasteiger partial charge in [-0.25, -0.2) is 4.39 Å². The maximum Gasteiger partial charge on any atom is 0.308 e. The van der Waals surface area contributed by atoms with Gasteiger partial charge in [0.2, 0.25) is 5.76 Å². The van der Waals surface area contributed by atoms with E-state index in [1.807, 2.05) is 24.3 Å². The van der Waals surface area contributed by atoms with E-state index in [9.17, 15) is 18.8 Å². The highest BCUT2D eigenvalue weighted by atomic mass is 19.1. The smallest absolute Gasteiger partial charge is 0.308 e. The molecule has 0 radical (unpaired) electrons. The molecule has 3 rings (SSSR count). The van der Waals surface area contributed by atoms with E-state index in [1.54, 1.807) is 19.9 Å². The van der Waals surface area contributed by atoms with Gasteiger partial charge in [-0.15, -0.1) is 0 Å². The molecule has 2 atom stereocenters. The summed E-state index contributed by atoms with van der Waals surface area (Å²) in [5.74, 6) is -1.35. The van der Waals surface area contributed by atoms with E-state index in [1.165, 1.54) is 19.2 Å². The maximum absolute atomic E-state index is 13.8. The first-order valence-electron chi connectivity index (χ1n) is 10.9. The van der Waals surface area contributed by atoms with Gasteiger partial charge in [0.15, 0.2) is 0 Å². The normalized spacial score (nSPS) is 12.6. The molecule has 180 valence electrons. The summed E-state index contributed by atoms with van der Waals surface area (Å²) in [5, 5.41) is 4.91. The number of carbonyl (C=O) groups excluding carboxylic acids is 2. The third-order valence-electron chi connectivity index (χ3n) is 5.32. The van der Waals surface area contributed by atoms with Gasteiger partial charge in [-0.3, -0.25) is 14.4 Å². The van der Waals surface area contributed by atoms with Crippen molar-refractivity contribution < 1.29 is 28.0 Å². The molecule has 0 aliphatic rings. The van der Waals surface area contributed by atoms with E-state index in [0.29, 0.717) is 24.2 Å². The zero-order valence-electron chi connectivity index (χ0n) is 19.2. The number of nitrogens with one attached hydrogen (secondary N) is 2. The first-order valence-corrected chi connectivity index (χ1v) is 10.9. The van der Waals surface area contributed by atoms with Gasteiger partial charge in [0.25, 0.3) is 11.5 Å². The van der Waals surface area contributed by atoms with Gasteiger partial charge in [-0.05, 0) is 49.1 Å². The van der Waals surface area contributed by atoms with E-state index >= 15 is 0 Å². The highest BCUT2D eigenvalue weighted by molar-refractivity contribution is 5.91. The second-order valence-electron chi connectivity index (χ2n) is 7.88. The zero-order chi connectivity index (χ0) is 24.7. The highest BCUT2D eigenvalue weighted by Gasteiger charge is 2.23. The molecule has 0 aliphatic heterocycles. The second-order valence-corrected chi connectivity index (χ2v) is 7.88. The van der Waals surface area contributed by atoms with Crippen LogP contribution in [0.4, 0.5) is 4.39 Å². The minimum Gasteiger partial charge on any atom is -0.496 e. The average Bonchev–Trinajstić information content (AvgIpc) is 3.26. The molecule has 2 N–H and O–H groups in total. The number of aromatic amines is 1. The number of ether oxygens (including phenoxy) is 2. The summed E-state index contributed by atoms with van der Waals surface area (Å²) >= 11 is 0. The Hall–Kier alpha value is -3.88. The molecule has 0 fully saturated rings. The predicted molar refractivity (Wildman–Crippen MR) is 123 cm³/mol. The first-order chi connectivity index (χ1) is 16.3. The Morgan fingerprint density at radius 3 is 2.50 bits per heavy atom. The van der Waals surface area contributed by atoms with E-state index in [4.69, 9.17) is 14.0 Å². The number of hydrogen-bond acceptors (Lipinski definition) is 6. The molecule has 0 saturated carbocycles. The summed E-state index contributed by atoms with van der Waals surface area (Å²) in [6, 6.07) is 12.3. The van der Waals surface area contributed by atoms with Crippen LogP contribution in [0.1, 0.15) is 36.4 Å². The number of carbonyl (C=O) groups is 2. The Labute approximate surface area is 196 Å². The van der Waals surface area contributed by atoms with Gasteiger partial charge in [0, 0.05) is 11.6 Å². The number of halogens is 1. The third-order valence-corrected chi connectivity index (χ3v) is 5.32. The molecule has 1 heterocycles. The summed E-state index contributed by atoms with van der Waals surface area (Å²) < 4.78 is 29.1. The van der Waals surface area contributed by atoms with Crippen LogP contribution < -0.4 is 15.6 Å². The lowest BCUT2D eigenvalue weighted by Gasteiger charge is -2.21. The number of aromatic nitrogens is 1. The fourth-order valence-electron chi connectivity index (χ4n) is 3.66. The van der Waals surface area contributed by atoms with Crippen LogP contribution in [0.5, 0.6) is 5.75 Å². The summed E-state index contributed by atoms with van der Waals surface area (Å²) in [4.78, 5) is 36.0. The van der Waals surface area contributed by atoms with Crippen LogP contribution in [0, 0.1) is 11.7 Å². The van der Waals surface area contributed by atoms with Gasteiger partial charge in [-0.1, -0.05) is 31.2 Å². The van der Waals surface area contributed by atoms with Crippen molar-refractivity contribution in [2.45, 2.75) is 32.7 Å². The van der Waals surface area contributed by atoms with Crippen molar-refractivity contribution >= 4 is 11.9 Å². The Morgan fingerprint density at radius 2 is 1.88 bits per heavy atom. The SMILES string of the molecule is CCOC(=O)C(C)CC(Cc1ccc(-c2cc(F)ccc2OC)cc1)NC(=O)c1cc(=O)[nH]o1. The summed E-state index contributed by atoms with van der Waals surface area (Å²) in [6.45, 7) is 3.72. The molecule has 2 aromatic carbocycles. The van der Waals surface area contributed by atoms with Crippen LogP contribution in [0.2, 0.25) is 0 Å². The number of amides is 1. The molecule has 1 aromatic heterocycles. The Morgan fingerprint density at radius 1 is 1.15 bits per heavy atom. The number of benzene rings is 2. The lowest BCUT2D eigenvalue weighted by molar-refractivity contribution is -0.147. The fraction of sp³-hybridized carbons (Fsp3) is 0.320. The topological polar surface area (TPSA) is 111 Å². The van der Waals surface area contributed by atoms with Crippen molar-refractivity contribution in [3.63, 3.8) is 0 Å². The van der Waals surface area contributed by atoms with Crippen LogP contribution >= 0.6 is 0 Å². The molecule has 8 nitrogen and oxygen atoms in total. The molecule has 0 bridgehead atoms. The summed E-state index contributed by atoms with van der Waals surface area (Å²) in [7, 11) is 1.52. The zero-order valence-corrected chi connectivity index (χ0v) is 19.2. The number of esters is 1. The van der Waals surface area contributed by atoms with Crippen LogP contribution in [-0.4, -0.2) is 36.8 Å². The fourth-order valence-corrected chi connectivity index (χ4v) is 3.66. The second kappa shape index (κ2) is 11.3. The van der Waals surface area contributed by atoms with E-state index in [2.05, 4.69) is 10.5 Å². The highest BCUT2D eigenvalue weighted by Crippen LogP contribution is 2.31. The van der Waals surface area contributed by atoms with Crippen LogP contribution in [-0.2, 0) is 16.0 Å². The van der Waals surface area contributed by atoms with Crippen molar-refractivity contribution in [2.24, 2.45) is 5.92 Å². The number of H-pyrrole nitrogens is 1. The number of rotatable bonds is 10. The van der Waals surface area contributed by atoms with E-state index in [0.717, 1.165) is 17.2 Å². The number of methoxy groups -OCH3 is 1. The monoisotopic (exact) mass is 470 g/mol. The average molecular weight is 470 g/mol.